The Kier molecular flexibility index (Phi) is 5.56. The van der Waals surface area contributed by atoms with E-state index in [-0.39, 0.29) is 0 Å². The number of hydrogen-bond acceptors (Lipinski definition) is 3. The fourth-order valence-electron chi connectivity index (χ4n) is 3.23. The summed E-state index contributed by atoms with van der Waals surface area (Å²) in [5.41, 5.74) is 6.60. The van der Waals surface area contributed by atoms with Crippen LogP contribution in [0.5, 0.6) is 0 Å². The molecule has 1 heterocycles. The van der Waals surface area contributed by atoms with E-state index in [1.165, 1.54) is 43.6 Å². The Bertz CT molecular complexity index is 226. The lowest BCUT2D eigenvalue weighted by molar-refractivity contribution is 0.250. The van der Waals surface area contributed by atoms with Crippen molar-refractivity contribution >= 4 is 23.5 Å². The van der Waals surface area contributed by atoms with Crippen LogP contribution in [0.1, 0.15) is 46.0 Å². The summed E-state index contributed by atoms with van der Waals surface area (Å²) in [4.78, 5) is 0. The molecule has 1 saturated carbocycles. The van der Waals surface area contributed by atoms with Crippen molar-refractivity contribution < 1.29 is 0 Å². The van der Waals surface area contributed by atoms with Gasteiger partial charge in [0.05, 0.1) is 0 Å². The molecule has 2 rings (SSSR count). The van der Waals surface area contributed by atoms with Crippen LogP contribution in [0.15, 0.2) is 0 Å². The first-order valence-corrected chi connectivity index (χ1v) is 9.31. The van der Waals surface area contributed by atoms with E-state index in [1.54, 1.807) is 0 Å². The molecular formula is C14H27NS2. The fourth-order valence-corrected chi connectivity index (χ4v) is 6.51. The Morgan fingerprint density at radius 3 is 2.41 bits per heavy atom. The summed E-state index contributed by atoms with van der Waals surface area (Å²) < 4.78 is 0. The zero-order valence-electron chi connectivity index (χ0n) is 11.2. The van der Waals surface area contributed by atoms with Crippen LogP contribution in [0.2, 0.25) is 0 Å². The van der Waals surface area contributed by atoms with Gasteiger partial charge in [-0.05, 0) is 31.1 Å². The summed E-state index contributed by atoms with van der Waals surface area (Å²) >= 11 is 4.32. The van der Waals surface area contributed by atoms with Crippen LogP contribution in [0.25, 0.3) is 0 Å². The summed E-state index contributed by atoms with van der Waals surface area (Å²) in [5.74, 6) is 4.38. The number of hydrogen-bond donors (Lipinski definition) is 1. The van der Waals surface area contributed by atoms with E-state index >= 15 is 0 Å². The summed E-state index contributed by atoms with van der Waals surface area (Å²) in [7, 11) is 0. The number of nitrogens with two attached hydrogens (primary N) is 1. The molecule has 0 aromatic carbocycles. The van der Waals surface area contributed by atoms with Crippen molar-refractivity contribution in [3.63, 3.8) is 0 Å². The van der Waals surface area contributed by atoms with Gasteiger partial charge in [0.25, 0.3) is 0 Å². The molecule has 2 fully saturated rings. The highest BCUT2D eigenvalue weighted by atomic mass is 32.2. The quantitative estimate of drug-likeness (QED) is 0.848. The minimum Gasteiger partial charge on any atom is -0.326 e. The first kappa shape index (κ1) is 14.1. The zero-order chi connectivity index (χ0) is 12.3. The Labute approximate surface area is 115 Å². The van der Waals surface area contributed by atoms with Gasteiger partial charge in [-0.2, -0.15) is 23.5 Å². The molecule has 0 radical (unpaired) electrons. The van der Waals surface area contributed by atoms with Crippen molar-refractivity contribution in [2.45, 2.75) is 62.5 Å². The molecule has 0 bridgehead atoms. The molecule has 2 N–H and O–H groups in total. The summed E-state index contributed by atoms with van der Waals surface area (Å²) in [6.45, 7) is 4.72. The molecule has 1 nitrogen and oxygen atoms in total. The highest BCUT2D eigenvalue weighted by Crippen LogP contribution is 2.39. The van der Waals surface area contributed by atoms with Gasteiger partial charge in [0.15, 0.2) is 0 Å². The van der Waals surface area contributed by atoms with Gasteiger partial charge in [-0.15, -0.1) is 0 Å². The molecule has 1 saturated heterocycles. The maximum absolute atomic E-state index is 6.60. The summed E-state index contributed by atoms with van der Waals surface area (Å²) in [5, 5.41) is 1.53. The topological polar surface area (TPSA) is 26.0 Å². The lowest BCUT2D eigenvalue weighted by atomic mass is 9.78. The van der Waals surface area contributed by atoms with Crippen molar-refractivity contribution in [1.29, 1.82) is 0 Å². The molecule has 0 aromatic heterocycles. The molecule has 100 valence electrons. The lowest BCUT2D eigenvalue weighted by Gasteiger charge is -2.40. The van der Waals surface area contributed by atoms with E-state index in [0.717, 1.165) is 22.3 Å². The third-order valence-electron chi connectivity index (χ3n) is 4.48. The van der Waals surface area contributed by atoms with E-state index < -0.39 is 0 Å². The van der Waals surface area contributed by atoms with Gasteiger partial charge in [0, 0.05) is 28.0 Å². The van der Waals surface area contributed by atoms with Crippen LogP contribution in [-0.2, 0) is 0 Å². The smallest absolute Gasteiger partial charge is 0.0320 e. The monoisotopic (exact) mass is 273 g/mol. The van der Waals surface area contributed by atoms with Crippen molar-refractivity contribution in [2.24, 2.45) is 17.6 Å². The van der Waals surface area contributed by atoms with Crippen LogP contribution in [0.3, 0.4) is 0 Å². The van der Waals surface area contributed by atoms with E-state index in [1.807, 2.05) is 0 Å². The molecule has 17 heavy (non-hydrogen) atoms. The molecule has 1 aliphatic heterocycles. The first-order valence-electron chi connectivity index (χ1n) is 7.21. The molecule has 3 unspecified atom stereocenters. The zero-order valence-corrected chi connectivity index (χ0v) is 12.9. The van der Waals surface area contributed by atoms with Crippen LogP contribution in [0, 0.1) is 11.8 Å². The lowest BCUT2D eigenvalue weighted by Crippen LogP contribution is -2.47. The third-order valence-corrected chi connectivity index (χ3v) is 7.87. The van der Waals surface area contributed by atoms with Crippen molar-refractivity contribution in [2.75, 3.05) is 11.5 Å². The second kappa shape index (κ2) is 6.72. The average molecular weight is 274 g/mol. The second-order valence-electron chi connectivity index (χ2n) is 5.75. The maximum Gasteiger partial charge on any atom is 0.0320 e. The molecular weight excluding hydrogens is 246 g/mol. The van der Waals surface area contributed by atoms with E-state index in [4.69, 9.17) is 5.73 Å². The molecule has 3 atom stereocenters. The second-order valence-corrected chi connectivity index (χ2v) is 8.38. The van der Waals surface area contributed by atoms with Gasteiger partial charge >= 0.3 is 0 Å². The van der Waals surface area contributed by atoms with Gasteiger partial charge in [0.2, 0.25) is 0 Å². The van der Waals surface area contributed by atoms with Gasteiger partial charge in [0.1, 0.15) is 0 Å². The Morgan fingerprint density at radius 2 is 1.76 bits per heavy atom. The first-order chi connectivity index (χ1) is 8.22. The van der Waals surface area contributed by atoms with Crippen molar-refractivity contribution in [1.82, 2.24) is 0 Å². The molecule has 0 spiro atoms. The van der Waals surface area contributed by atoms with E-state index in [0.29, 0.717) is 6.04 Å². The average Bonchev–Trinajstić information content (AvgIpc) is 2.39. The standard InChI is InChI=1S/C14H27NS2/c1-3-12-14(17-9-8-16-12)13(15)11-6-4-10(2)5-7-11/h10-14H,3-9,15H2,1-2H3. The van der Waals surface area contributed by atoms with Gasteiger partial charge in [-0.25, -0.2) is 0 Å². The van der Waals surface area contributed by atoms with Crippen LogP contribution >= 0.6 is 23.5 Å². The predicted molar refractivity (Wildman–Crippen MR) is 81.9 cm³/mol. The molecule has 1 aliphatic carbocycles. The SMILES string of the molecule is CCC1SCCSC1C(N)C1CCC(C)CC1. The Hall–Kier alpha value is 0.660. The predicted octanol–water partition coefficient (Wildman–Crippen LogP) is 3.77. The van der Waals surface area contributed by atoms with Crippen LogP contribution in [0.4, 0.5) is 0 Å². The Balaban J connectivity index is 1.90. The number of thioether (sulfide) groups is 2. The van der Waals surface area contributed by atoms with Crippen LogP contribution < -0.4 is 5.73 Å². The highest BCUT2D eigenvalue weighted by molar-refractivity contribution is 8.07. The van der Waals surface area contributed by atoms with Crippen molar-refractivity contribution in [3.05, 3.63) is 0 Å². The normalized spacial score (nSPS) is 41.1. The third kappa shape index (κ3) is 3.57. The van der Waals surface area contributed by atoms with Gasteiger partial charge < -0.3 is 5.73 Å². The fraction of sp³-hybridized carbons (Fsp3) is 1.00. The Morgan fingerprint density at radius 1 is 1.12 bits per heavy atom. The maximum atomic E-state index is 6.60. The van der Waals surface area contributed by atoms with Gasteiger partial charge in [-0.1, -0.05) is 26.7 Å². The van der Waals surface area contributed by atoms with Crippen LogP contribution in [-0.4, -0.2) is 28.0 Å². The highest BCUT2D eigenvalue weighted by Gasteiger charge is 2.35. The minimum atomic E-state index is 0.449. The molecule has 0 aromatic rings. The minimum absolute atomic E-state index is 0.449. The van der Waals surface area contributed by atoms with Crippen molar-refractivity contribution in [3.8, 4) is 0 Å². The van der Waals surface area contributed by atoms with E-state index in [9.17, 15) is 0 Å². The van der Waals surface area contributed by atoms with E-state index in [2.05, 4.69) is 37.4 Å². The molecule has 2 aliphatic rings. The summed E-state index contributed by atoms with van der Waals surface area (Å²) in [6, 6.07) is 0.449. The number of rotatable bonds is 3. The largest absolute Gasteiger partial charge is 0.326 e. The summed E-state index contributed by atoms with van der Waals surface area (Å²) in [6.07, 6.45) is 6.85. The molecule has 0 amide bonds. The van der Waals surface area contributed by atoms with Gasteiger partial charge in [-0.3, -0.25) is 0 Å². The molecule has 3 heteroatoms.